The van der Waals surface area contributed by atoms with Gasteiger partial charge >= 0.3 is 0 Å². The van der Waals surface area contributed by atoms with Crippen molar-refractivity contribution in [3.63, 3.8) is 0 Å². The number of sulfonamides is 1. The fourth-order valence-corrected chi connectivity index (χ4v) is 5.18. The number of anilines is 1. The Morgan fingerprint density at radius 2 is 1.73 bits per heavy atom. The maximum absolute atomic E-state index is 12.2. The van der Waals surface area contributed by atoms with Crippen molar-refractivity contribution in [1.82, 2.24) is 0 Å². The molecular formula is C13H16N2O8S3. The van der Waals surface area contributed by atoms with Gasteiger partial charge in [0.2, 0.25) is 10.0 Å². The maximum atomic E-state index is 12.2. The van der Waals surface area contributed by atoms with Crippen LogP contribution in [-0.4, -0.2) is 35.6 Å². The summed E-state index contributed by atoms with van der Waals surface area (Å²) in [5, 5.41) is 7.62. The van der Waals surface area contributed by atoms with Crippen LogP contribution in [0.2, 0.25) is 0 Å². The molecule has 2 rings (SSSR count). The Labute approximate surface area is 150 Å². The first-order valence-electron chi connectivity index (χ1n) is 7.03. The smallest absolute Gasteiger partial charge is 0.296 e. The number of primary sulfonamides is 1. The summed E-state index contributed by atoms with van der Waals surface area (Å²) < 4.78 is 85.7. The molecule has 4 N–H and O–H groups in total. The van der Waals surface area contributed by atoms with Crippen LogP contribution in [0, 0.1) is 0 Å². The molecule has 10 nitrogen and oxygen atoms in total. The topological polar surface area (TPSA) is 174 Å². The third kappa shape index (κ3) is 4.42. The fourth-order valence-electron chi connectivity index (χ4n) is 2.11. The van der Waals surface area contributed by atoms with Crippen molar-refractivity contribution < 1.29 is 34.2 Å². The summed E-state index contributed by atoms with van der Waals surface area (Å²) >= 11 is 0. The van der Waals surface area contributed by atoms with Crippen LogP contribution in [0.1, 0.15) is 12.7 Å². The summed E-state index contributed by atoms with van der Waals surface area (Å²) in [5.41, 5.74) is -0.316. The van der Waals surface area contributed by atoms with E-state index in [0.29, 0.717) is 11.8 Å². The lowest BCUT2D eigenvalue weighted by molar-refractivity contribution is 0.482. The summed E-state index contributed by atoms with van der Waals surface area (Å²) in [6.45, 7) is 1.24. The highest BCUT2D eigenvalue weighted by atomic mass is 32.2. The Kier molecular flexibility index (Phi) is 5.49. The van der Waals surface area contributed by atoms with Crippen molar-refractivity contribution >= 4 is 35.7 Å². The molecular weight excluding hydrogens is 408 g/mol. The molecule has 0 fully saturated rings. The molecule has 0 aliphatic carbocycles. The average Bonchev–Trinajstić information content (AvgIpc) is 3.03. The summed E-state index contributed by atoms with van der Waals surface area (Å²) in [4.78, 5) is -2.42. The van der Waals surface area contributed by atoms with Gasteiger partial charge in [0, 0.05) is 0 Å². The molecule has 0 radical (unpaired) electrons. The van der Waals surface area contributed by atoms with E-state index < -0.39 is 50.4 Å². The number of hydrogen-bond donors (Lipinski definition) is 3. The SMILES string of the molecule is CCS(=O)(=O)c1cc(NCc2ccco2)c(S(=O)(=O)O)cc1S(N)(=O)=O. The van der Waals surface area contributed by atoms with Gasteiger partial charge in [-0.1, -0.05) is 6.92 Å². The van der Waals surface area contributed by atoms with Gasteiger partial charge in [0.15, 0.2) is 9.84 Å². The van der Waals surface area contributed by atoms with Crippen LogP contribution in [0.4, 0.5) is 5.69 Å². The second-order valence-electron chi connectivity index (χ2n) is 5.15. The van der Waals surface area contributed by atoms with E-state index in [2.05, 4.69) is 5.32 Å². The molecule has 0 aliphatic rings. The van der Waals surface area contributed by atoms with E-state index in [4.69, 9.17) is 9.56 Å². The van der Waals surface area contributed by atoms with Crippen LogP contribution >= 0.6 is 0 Å². The molecule has 0 atom stereocenters. The molecule has 0 amide bonds. The Balaban J connectivity index is 2.74. The highest BCUT2D eigenvalue weighted by Crippen LogP contribution is 2.31. The Morgan fingerprint density at radius 3 is 2.19 bits per heavy atom. The number of hydrogen-bond acceptors (Lipinski definition) is 8. The average molecular weight is 424 g/mol. The van der Waals surface area contributed by atoms with Crippen molar-refractivity contribution in [3.05, 3.63) is 36.3 Å². The highest BCUT2D eigenvalue weighted by Gasteiger charge is 2.29. The molecule has 13 heteroatoms. The minimum atomic E-state index is -4.88. The molecule has 0 unspecified atom stereocenters. The zero-order chi connectivity index (χ0) is 19.8. The molecule has 0 saturated carbocycles. The van der Waals surface area contributed by atoms with E-state index in [9.17, 15) is 29.8 Å². The molecule has 0 saturated heterocycles. The van der Waals surface area contributed by atoms with E-state index in [1.807, 2.05) is 0 Å². The van der Waals surface area contributed by atoms with Gasteiger partial charge in [0.25, 0.3) is 10.1 Å². The first-order chi connectivity index (χ1) is 11.9. The number of rotatable bonds is 7. The number of benzene rings is 1. The second-order valence-corrected chi connectivity index (χ2v) is 10.3. The number of sulfone groups is 1. The van der Waals surface area contributed by atoms with Crippen molar-refractivity contribution in [2.45, 2.75) is 28.2 Å². The van der Waals surface area contributed by atoms with E-state index in [1.165, 1.54) is 13.2 Å². The van der Waals surface area contributed by atoms with Crippen LogP contribution in [0.5, 0.6) is 0 Å². The minimum absolute atomic E-state index is 0.0458. The number of nitrogens with one attached hydrogen (secondary N) is 1. The molecule has 1 aromatic heterocycles. The van der Waals surface area contributed by atoms with E-state index in [0.717, 1.165) is 6.07 Å². The third-order valence-electron chi connectivity index (χ3n) is 3.38. The first-order valence-corrected chi connectivity index (χ1v) is 11.7. The number of furan rings is 1. The standard InChI is InChI=1S/C13H16N2O8S3/c1-2-24(16,17)12-6-10(15-8-9-4-3-5-23-9)11(26(20,21)22)7-13(12)25(14,18)19/h3-7,15H,2,8H2,1H3,(H2,14,18,19)(H,20,21,22). The predicted molar refractivity (Wildman–Crippen MR) is 91.4 cm³/mol. The molecule has 0 bridgehead atoms. The molecule has 1 heterocycles. The molecule has 0 aliphatic heterocycles. The van der Waals surface area contributed by atoms with E-state index >= 15 is 0 Å². The van der Waals surface area contributed by atoms with Gasteiger partial charge < -0.3 is 9.73 Å². The Hall–Kier alpha value is -1.93. The van der Waals surface area contributed by atoms with Gasteiger partial charge in [-0.2, -0.15) is 8.42 Å². The van der Waals surface area contributed by atoms with Gasteiger partial charge in [0.05, 0.1) is 29.1 Å². The largest absolute Gasteiger partial charge is 0.467 e. The minimum Gasteiger partial charge on any atom is -0.467 e. The van der Waals surface area contributed by atoms with Crippen molar-refractivity contribution in [3.8, 4) is 0 Å². The Bertz CT molecular complexity index is 1120. The van der Waals surface area contributed by atoms with Crippen LogP contribution in [-0.2, 0) is 36.5 Å². The van der Waals surface area contributed by atoms with Crippen molar-refractivity contribution in [2.24, 2.45) is 5.14 Å². The van der Waals surface area contributed by atoms with Gasteiger partial charge in [-0.3, -0.25) is 4.55 Å². The van der Waals surface area contributed by atoms with Crippen LogP contribution in [0.15, 0.2) is 49.6 Å². The normalized spacial score (nSPS) is 12.9. The Morgan fingerprint density at radius 1 is 1.08 bits per heavy atom. The van der Waals surface area contributed by atoms with Crippen LogP contribution < -0.4 is 10.5 Å². The molecule has 26 heavy (non-hydrogen) atoms. The third-order valence-corrected chi connectivity index (χ3v) is 7.12. The lowest BCUT2D eigenvalue weighted by Gasteiger charge is -2.15. The van der Waals surface area contributed by atoms with Gasteiger partial charge in [-0.15, -0.1) is 0 Å². The van der Waals surface area contributed by atoms with Crippen molar-refractivity contribution in [1.29, 1.82) is 0 Å². The first kappa shape index (κ1) is 20.4. The highest BCUT2D eigenvalue weighted by molar-refractivity contribution is 7.93. The van der Waals surface area contributed by atoms with Crippen LogP contribution in [0.25, 0.3) is 0 Å². The van der Waals surface area contributed by atoms with Gasteiger partial charge in [-0.25, -0.2) is 22.0 Å². The molecule has 0 spiro atoms. The van der Waals surface area contributed by atoms with Crippen molar-refractivity contribution in [2.75, 3.05) is 11.1 Å². The van der Waals surface area contributed by atoms with Gasteiger partial charge in [-0.05, 0) is 24.3 Å². The molecule has 144 valence electrons. The van der Waals surface area contributed by atoms with E-state index in [1.54, 1.807) is 12.1 Å². The summed E-state index contributed by atoms with van der Waals surface area (Å²) in [6.07, 6.45) is 1.37. The monoisotopic (exact) mass is 424 g/mol. The zero-order valence-corrected chi connectivity index (χ0v) is 15.9. The van der Waals surface area contributed by atoms with Crippen LogP contribution in [0.3, 0.4) is 0 Å². The number of nitrogens with two attached hydrogens (primary N) is 1. The van der Waals surface area contributed by atoms with E-state index in [-0.39, 0.29) is 12.2 Å². The lowest BCUT2D eigenvalue weighted by atomic mass is 10.3. The summed E-state index contributed by atoms with van der Waals surface area (Å²) in [7, 11) is -13.5. The second kappa shape index (κ2) is 7.00. The fraction of sp³-hybridized carbons (Fsp3) is 0.231. The quantitative estimate of drug-likeness (QED) is 0.537. The molecule has 2 aromatic rings. The van der Waals surface area contributed by atoms with Gasteiger partial charge in [0.1, 0.15) is 15.6 Å². The summed E-state index contributed by atoms with van der Waals surface area (Å²) in [6, 6.07) is 4.47. The predicted octanol–water partition coefficient (Wildman–Crippen LogP) is 0.579. The lowest BCUT2D eigenvalue weighted by Crippen LogP contribution is -2.19. The summed E-state index contributed by atoms with van der Waals surface area (Å²) in [5.74, 6) is -0.0556. The maximum Gasteiger partial charge on any atom is 0.296 e. The zero-order valence-electron chi connectivity index (χ0n) is 13.4. The molecule has 1 aromatic carbocycles.